The van der Waals surface area contributed by atoms with E-state index in [1.54, 1.807) is 42.2 Å². The zero-order valence-corrected chi connectivity index (χ0v) is 21.3. The average Bonchev–Trinajstić information content (AvgIpc) is 2.81. The normalized spacial score (nSPS) is 21.6. The molecule has 9 nitrogen and oxygen atoms in total. The van der Waals surface area contributed by atoms with Crippen LogP contribution in [0.3, 0.4) is 0 Å². The number of ether oxygens (including phenoxy) is 2. The zero-order valence-electron chi connectivity index (χ0n) is 21.3. The van der Waals surface area contributed by atoms with Crippen LogP contribution >= 0.6 is 0 Å². The molecule has 0 radical (unpaired) electrons. The van der Waals surface area contributed by atoms with Crippen molar-refractivity contribution >= 4 is 23.5 Å². The maximum atomic E-state index is 13.4. The molecule has 1 aromatic rings. The van der Waals surface area contributed by atoms with Crippen LogP contribution in [0, 0.1) is 5.92 Å². The summed E-state index contributed by atoms with van der Waals surface area (Å²) in [6, 6.07) is 4.69. The van der Waals surface area contributed by atoms with Gasteiger partial charge < -0.3 is 29.9 Å². The number of hydrogen-bond donors (Lipinski definition) is 2. The Labute approximate surface area is 203 Å². The summed E-state index contributed by atoms with van der Waals surface area (Å²) in [5.74, 6) is 0.0666. The molecule has 0 saturated heterocycles. The highest BCUT2D eigenvalue weighted by molar-refractivity contribution is 5.99. The van der Waals surface area contributed by atoms with Gasteiger partial charge in [0.25, 0.3) is 5.91 Å². The third-order valence-electron chi connectivity index (χ3n) is 5.99. The number of fused-ring (bicyclic) bond motifs is 1. The van der Waals surface area contributed by atoms with Crippen molar-refractivity contribution in [2.45, 2.75) is 59.1 Å². The molecular formula is C25H40N4O5. The molecule has 3 atom stereocenters. The van der Waals surface area contributed by atoms with Crippen molar-refractivity contribution in [3.05, 3.63) is 23.8 Å². The second-order valence-corrected chi connectivity index (χ2v) is 8.99. The number of carbonyl (C=O) groups excluding carboxylic acids is 3. The first kappa shape index (κ1) is 27.4. The molecule has 0 aromatic heterocycles. The van der Waals surface area contributed by atoms with Crippen LogP contribution in [0.5, 0.6) is 5.75 Å². The Morgan fingerprint density at radius 3 is 2.56 bits per heavy atom. The molecule has 1 aliphatic heterocycles. The summed E-state index contributed by atoms with van der Waals surface area (Å²) in [6.45, 7) is 9.52. The van der Waals surface area contributed by atoms with Crippen molar-refractivity contribution in [3.8, 4) is 5.75 Å². The van der Waals surface area contributed by atoms with Gasteiger partial charge in [-0.25, -0.2) is 4.79 Å². The Bertz CT molecular complexity index is 847. The van der Waals surface area contributed by atoms with Crippen LogP contribution in [0.15, 0.2) is 18.2 Å². The smallest absolute Gasteiger partial charge is 0.317 e. The number of likely N-dealkylation sites (N-methyl/N-ethyl adjacent to an activating group) is 1. The number of urea groups is 1. The Morgan fingerprint density at radius 1 is 1.18 bits per heavy atom. The highest BCUT2D eigenvalue weighted by Gasteiger charge is 2.30. The van der Waals surface area contributed by atoms with E-state index in [-0.39, 0.29) is 42.5 Å². The van der Waals surface area contributed by atoms with E-state index in [4.69, 9.17) is 9.47 Å². The minimum absolute atomic E-state index is 0.0198. The molecule has 1 heterocycles. The predicted molar refractivity (Wildman–Crippen MR) is 132 cm³/mol. The Kier molecular flexibility index (Phi) is 10.6. The second kappa shape index (κ2) is 13.2. The van der Waals surface area contributed by atoms with Crippen molar-refractivity contribution in [2.24, 2.45) is 5.92 Å². The van der Waals surface area contributed by atoms with Crippen LogP contribution in [-0.2, 0) is 9.53 Å². The molecule has 0 fully saturated rings. The molecule has 1 aromatic carbocycles. The van der Waals surface area contributed by atoms with E-state index in [1.165, 1.54) is 0 Å². The molecule has 34 heavy (non-hydrogen) atoms. The van der Waals surface area contributed by atoms with Gasteiger partial charge in [-0.05, 0) is 38.0 Å². The number of nitrogens with zero attached hydrogens (tertiary/aromatic N) is 2. The second-order valence-electron chi connectivity index (χ2n) is 8.99. The van der Waals surface area contributed by atoms with Crippen molar-refractivity contribution in [1.82, 2.24) is 15.1 Å². The van der Waals surface area contributed by atoms with Gasteiger partial charge in [-0.3, -0.25) is 9.59 Å². The van der Waals surface area contributed by atoms with E-state index < -0.39 is 0 Å². The molecule has 2 N–H and O–H groups in total. The maximum Gasteiger partial charge on any atom is 0.317 e. The SMILES string of the molecule is CCCNC(=O)N1C[C@@H](C)[C@H](OC)CN(C)C(=O)c2cc(NC(=O)CCC)ccc2OC[C@H]1C. The van der Waals surface area contributed by atoms with Gasteiger partial charge in [0.1, 0.15) is 12.4 Å². The Morgan fingerprint density at radius 2 is 1.91 bits per heavy atom. The van der Waals surface area contributed by atoms with Crippen LogP contribution in [-0.4, -0.2) is 80.2 Å². The summed E-state index contributed by atoms with van der Waals surface area (Å²) in [5.41, 5.74) is 0.897. The minimum Gasteiger partial charge on any atom is -0.491 e. The number of benzene rings is 1. The molecule has 190 valence electrons. The van der Waals surface area contributed by atoms with Gasteiger partial charge in [-0.2, -0.15) is 0 Å². The lowest BCUT2D eigenvalue weighted by Crippen LogP contribution is -2.51. The summed E-state index contributed by atoms with van der Waals surface area (Å²) in [6.07, 6.45) is 1.72. The molecule has 2 rings (SSSR count). The number of methoxy groups -OCH3 is 1. The van der Waals surface area contributed by atoms with E-state index >= 15 is 0 Å². The van der Waals surface area contributed by atoms with Crippen molar-refractivity contribution in [2.75, 3.05) is 45.7 Å². The number of anilines is 1. The molecule has 0 spiro atoms. The van der Waals surface area contributed by atoms with E-state index in [0.29, 0.717) is 43.1 Å². The monoisotopic (exact) mass is 476 g/mol. The van der Waals surface area contributed by atoms with Gasteiger partial charge in [0, 0.05) is 51.8 Å². The summed E-state index contributed by atoms with van der Waals surface area (Å²) in [5, 5.41) is 5.80. The Balaban J connectivity index is 2.40. The lowest BCUT2D eigenvalue weighted by Gasteiger charge is -2.36. The summed E-state index contributed by atoms with van der Waals surface area (Å²) >= 11 is 0. The molecule has 4 amide bonds. The number of rotatable bonds is 6. The highest BCUT2D eigenvalue weighted by Crippen LogP contribution is 2.26. The molecule has 1 aliphatic rings. The topological polar surface area (TPSA) is 100 Å². The number of nitrogens with one attached hydrogen (secondary N) is 2. The third kappa shape index (κ3) is 7.35. The minimum atomic E-state index is -0.265. The first-order valence-corrected chi connectivity index (χ1v) is 12.1. The van der Waals surface area contributed by atoms with Crippen molar-refractivity contribution < 1.29 is 23.9 Å². The summed E-state index contributed by atoms with van der Waals surface area (Å²) in [7, 11) is 3.34. The number of hydrogen-bond acceptors (Lipinski definition) is 5. The van der Waals surface area contributed by atoms with Crippen LogP contribution < -0.4 is 15.4 Å². The molecule has 0 unspecified atom stereocenters. The van der Waals surface area contributed by atoms with Gasteiger partial charge >= 0.3 is 6.03 Å². The standard InChI is InChI=1S/C25H40N4O5/c1-7-9-23(30)27-19-10-11-21-20(13-19)24(31)28(5)15-22(33-6)17(3)14-29(18(4)16-34-21)25(32)26-12-8-2/h10-11,13,17-18,22H,7-9,12,14-16H2,1-6H3,(H,26,32)(H,27,30)/t17-,18-,22-/m1/s1. The summed E-state index contributed by atoms with van der Waals surface area (Å²) in [4.78, 5) is 41.7. The van der Waals surface area contributed by atoms with Crippen molar-refractivity contribution in [3.63, 3.8) is 0 Å². The van der Waals surface area contributed by atoms with Gasteiger partial charge in [0.2, 0.25) is 5.91 Å². The number of amides is 4. The van der Waals surface area contributed by atoms with E-state index in [2.05, 4.69) is 10.6 Å². The quantitative estimate of drug-likeness (QED) is 0.656. The van der Waals surface area contributed by atoms with Crippen LogP contribution in [0.25, 0.3) is 0 Å². The maximum absolute atomic E-state index is 13.4. The molecule has 0 aliphatic carbocycles. The van der Waals surface area contributed by atoms with Crippen molar-refractivity contribution in [1.29, 1.82) is 0 Å². The molecule has 0 saturated carbocycles. The van der Waals surface area contributed by atoms with E-state index in [0.717, 1.165) is 12.8 Å². The first-order valence-electron chi connectivity index (χ1n) is 12.1. The third-order valence-corrected chi connectivity index (χ3v) is 5.99. The van der Waals surface area contributed by atoms with E-state index in [9.17, 15) is 14.4 Å². The lowest BCUT2D eigenvalue weighted by molar-refractivity contribution is -0.116. The zero-order chi connectivity index (χ0) is 25.3. The number of carbonyl (C=O) groups is 3. The van der Waals surface area contributed by atoms with Crippen LogP contribution in [0.4, 0.5) is 10.5 Å². The van der Waals surface area contributed by atoms with E-state index in [1.807, 2.05) is 27.7 Å². The molecule has 9 heteroatoms. The van der Waals surface area contributed by atoms with Gasteiger partial charge in [0.05, 0.1) is 17.7 Å². The van der Waals surface area contributed by atoms with Gasteiger partial charge in [0.15, 0.2) is 0 Å². The van der Waals surface area contributed by atoms with Crippen LogP contribution in [0.1, 0.15) is 57.3 Å². The van der Waals surface area contributed by atoms with Gasteiger partial charge in [-0.1, -0.05) is 20.8 Å². The molecular weight excluding hydrogens is 436 g/mol. The van der Waals surface area contributed by atoms with Gasteiger partial charge in [-0.15, -0.1) is 0 Å². The largest absolute Gasteiger partial charge is 0.491 e. The first-order chi connectivity index (χ1) is 16.2. The summed E-state index contributed by atoms with van der Waals surface area (Å²) < 4.78 is 11.8. The fourth-order valence-electron chi connectivity index (χ4n) is 3.92. The fraction of sp³-hybridized carbons (Fsp3) is 0.640. The van der Waals surface area contributed by atoms with Crippen LogP contribution in [0.2, 0.25) is 0 Å². The highest BCUT2D eigenvalue weighted by atomic mass is 16.5. The molecule has 0 bridgehead atoms. The lowest BCUT2D eigenvalue weighted by atomic mass is 10.0. The average molecular weight is 477 g/mol. The fourth-order valence-corrected chi connectivity index (χ4v) is 3.92. The Hall–Kier alpha value is -2.81. The predicted octanol–water partition coefficient (Wildman–Crippen LogP) is 3.35.